The average molecular weight is 459 g/mol. The van der Waals surface area contributed by atoms with Gasteiger partial charge in [-0.15, -0.1) is 5.10 Å². The monoisotopic (exact) mass is 459 g/mol. The molecule has 0 saturated carbocycles. The summed E-state index contributed by atoms with van der Waals surface area (Å²) in [5.74, 6) is 0.0321. The standard InChI is InChI=1S/C22H21F4N7/c1-13-11-32(15-7-5-14(23)6-8-15)10-9-31(13)12-18-28-20-16-3-2-4-17(22(24,25)26)19(16)29-21(27)33(20)30-18/h2-8,13H,9-12H2,1H3,(H2,27,29). The van der Waals surface area contributed by atoms with Crippen molar-refractivity contribution in [2.75, 3.05) is 30.3 Å². The molecule has 0 radical (unpaired) electrons. The summed E-state index contributed by atoms with van der Waals surface area (Å²) < 4.78 is 54.8. The van der Waals surface area contributed by atoms with Gasteiger partial charge in [-0.1, -0.05) is 6.07 Å². The highest BCUT2D eigenvalue weighted by Crippen LogP contribution is 2.35. The van der Waals surface area contributed by atoms with Crippen molar-refractivity contribution >= 4 is 28.2 Å². The van der Waals surface area contributed by atoms with Gasteiger partial charge in [0.05, 0.1) is 17.6 Å². The third-order valence-electron chi connectivity index (χ3n) is 5.98. The van der Waals surface area contributed by atoms with Gasteiger partial charge in [-0.2, -0.15) is 17.7 Å². The lowest BCUT2D eigenvalue weighted by Gasteiger charge is -2.40. The molecule has 2 aromatic carbocycles. The van der Waals surface area contributed by atoms with E-state index in [-0.39, 0.29) is 34.4 Å². The quantitative estimate of drug-likeness (QED) is 0.471. The zero-order valence-electron chi connectivity index (χ0n) is 17.7. The van der Waals surface area contributed by atoms with Crippen LogP contribution in [0.5, 0.6) is 0 Å². The maximum absolute atomic E-state index is 13.4. The van der Waals surface area contributed by atoms with E-state index in [1.54, 1.807) is 12.1 Å². The topological polar surface area (TPSA) is 75.6 Å². The van der Waals surface area contributed by atoms with Gasteiger partial charge in [-0.25, -0.2) is 14.4 Å². The predicted octanol–water partition coefficient (Wildman–Crippen LogP) is 3.73. The second-order valence-electron chi connectivity index (χ2n) is 8.17. The largest absolute Gasteiger partial charge is 0.418 e. The Balaban J connectivity index is 1.41. The maximum Gasteiger partial charge on any atom is 0.418 e. The zero-order valence-corrected chi connectivity index (χ0v) is 17.7. The minimum Gasteiger partial charge on any atom is -0.369 e. The lowest BCUT2D eigenvalue weighted by molar-refractivity contribution is -0.136. The Morgan fingerprint density at radius 1 is 1.06 bits per heavy atom. The second-order valence-corrected chi connectivity index (χ2v) is 8.17. The van der Waals surface area contributed by atoms with E-state index in [0.29, 0.717) is 12.4 Å². The number of halogens is 4. The van der Waals surface area contributed by atoms with Crippen molar-refractivity contribution in [1.82, 2.24) is 24.5 Å². The van der Waals surface area contributed by atoms with Crippen LogP contribution in [0.1, 0.15) is 18.3 Å². The van der Waals surface area contributed by atoms with Crippen molar-refractivity contribution in [2.45, 2.75) is 25.7 Å². The first-order valence-corrected chi connectivity index (χ1v) is 10.5. The smallest absolute Gasteiger partial charge is 0.369 e. The maximum atomic E-state index is 13.4. The van der Waals surface area contributed by atoms with Crippen molar-refractivity contribution in [3.05, 3.63) is 59.7 Å². The van der Waals surface area contributed by atoms with Crippen molar-refractivity contribution in [3.63, 3.8) is 0 Å². The molecule has 1 unspecified atom stereocenters. The summed E-state index contributed by atoms with van der Waals surface area (Å²) in [6.45, 7) is 4.69. The predicted molar refractivity (Wildman–Crippen MR) is 116 cm³/mol. The van der Waals surface area contributed by atoms with Gasteiger partial charge in [-0.3, -0.25) is 4.90 Å². The SMILES string of the molecule is CC1CN(c2ccc(F)cc2)CCN1Cc1nc2c3cccc(C(F)(F)F)c3nc(N)n2n1. The normalized spacial score (nSPS) is 17.8. The van der Waals surface area contributed by atoms with Gasteiger partial charge in [0.2, 0.25) is 5.95 Å². The molecule has 1 saturated heterocycles. The van der Waals surface area contributed by atoms with Crippen LogP contribution in [-0.2, 0) is 12.7 Å². The number of hydrogen-bond acceptors (Lipinski definition) is 6. The van der Waals surface area contributed by atoms with E-state index in [9.17, 15) is 17.6 Å². The molecule has 33 heavy (non-hydrogen) atoms. The number of hydrogen-bond donors (Lipinski definition) is 1. The van der Waals surface area contributed by atoms with E-state index < -0.39 is 11.7 Å². The summed E-state index contributed by atoms with van der Waals surface area (Å²) in [5.41, 5.74) is 6.04. The molecule has 0 bridgehead atoms. The van der Waals surface area contributed by atoms with E-state index in [2.05, 4.69) is 31.8 Å². The Bertz CT molecular complexity index is 1320. The van der Waals surface area contributed by atoms with Crippen molar-refractivity contribution < 1.29 is 17.6 Å². The van der Waals surface area contributed by atoms with Gasteiger partial charge in [0, 0.05) is 36.7 Å². The molecule has 0 spiro atoms. The van der Waals surface area contributed by atoms with Crippen molar-refractivity contribution in [2.24, 2.45) is 0 Å². The van der Waals surface area contributed by atoms with Crippen LogP contribution < -0.4 is 10.6 Å². The third-order valence-corrected chi connectivity index (χ3v) is 5.98. The first-order chi connectivity index (χ1) is 15.7. The van der Waals surface area contributed by atoms with Crippen LogP contribution in [0, 0.1) is 5.82 Å². The number of nitrogen functional groups attached to an aromatic ring is 1. The Labute approximate surface area is 186 Å². The van der Waals surface area contributed by atoms with Crippen LogP contribution in [0.2, 0.25) is 0 Å². The van der Waals surface area contributed by atoms with Gasteiger partial charge in [-0.05, 0) is 43.3 Å². The number of fused-ring (bicyclic) bond motifs is 3. The summed E-state index contributed by atoms with van der Waals surface area (Å²) >= 11 is 0. The molecule has 3 heterocycles. The Morgan fingerprint density at radius 3 is 2.52 bits per heavy atom. The average Bonchev–Trinajstić information content (AvgIpc) is 3.19. The molecule has 7 nitrogen and oxygen atoms in total. The molecule has 2 N–H and O–H groups in total. The summed E-state index contributed by atoms with van der Waals surface area (Å²) in [6.07, 6.45) is -4.56. The van der Waals surface area contributed by atoms with Crippen LogP contribution in [0.3, 0.4) is 0 Å². The molecule has 1 aliphatic rings. The lowest BCUT2D eigenvalue weighted by atomic mass is 10.1. The van der Waals surface area contributed by atoms with E-state index in [1.165, 1.54) is 28.8 Å². The number of anilines is 2. The van der Waals surface area contributed by atoms with Gasteiger partial charge in [0.1, 0.15) is 5.82 Å². The molecule has 0 amide bonds. The number of nitrogens with zero attached hydrogens (tertiary/aromatic N) is 6. The molecule has 4 aromatic rings. The summed E-state index contributed by atoms with van der Waals surface area (Å²) in [5, 5.41) is 4.65. The van der Waals surface area contributed by atoms with E-state index in [4.69, 9.17) is 5.73 Å². The highest BCUT2D eigenvalue weighted by atomic mass is 19.4. The number of aromatic nitrogens is 4. The van der Waals surface area contributed by atoms with E-state index in [1.807, 2.05) is 0 Å². The van der Waals surface area contributed by atoms with Gasteiger partial charge >= 0.3 is 6.18 Å². The highest BCUT2D eigenvalue weighted by Gasteiger charge is 2.34. The molecule has 172 valence electrons. The fraction of sp³-hybridized carbons (Fsp3) is 0.318. The van der Waals surface area contributed by atoms with Crippen molar-refractivity contribution in [3.8, 4) is 0 Å². The highest BCUT2D eigenvalue weighted by molar-refractivity contribution is 5.94. The number of para-hydroxylation sites is 1. The molecule has 1 fully saturated rings. The van der Waals surface area contributed by atoms with Gasteiger partial charge in [0.15, 0.2) is 11.5 Å². The second kappa shape index (κ2) is 7.84. The molecule has 2 aromatic heterocycles. The molecule has 0 aliphatic carbocycles. The summed E-state index contributed by atoms with van der Waals surface area (Å²) in [6, 6.07) is 10.4. The number of piperazine rings is 1. The minimum atomic E-state index is -4.56. The molecule has 11 heteroatoms. The van der Waals surface area contributed by atoms with Crippen LogP contribution in [-0.4, -0.2) is 50.2 Å². The number of nitrogens with two attached hydrogens (primary N) is 1. The molecular weight excluding hydrogens is 438 g/mol. The van der Waals surface area contributed by atoms with Crippen LogP contribution in [0.4, 0.5) is 29.2 Å². The lowest BCUT2D eigenvalue weighted by Crippen LogP contribution is -2.51. The van der Waals surface area contributed by atoms with Crippen LogP contribution >= 0.6 is 0 Å². The Hall–Kier alpha value is -3.47. The Kier molecular flexibility index (Phi) is 5.08. The zero-order chi connectivity index (χ0) is 23.3. The first-order valence-electron chi connectivity index (χ1n) is 10.5. The number of benzene rings is 2. The molecule has 1 aliphatic heterocycles. The molecule has 5 rings (SSSR count). The van der Waals surface area contributed by atoms with E-state index in [0.717, 1.165) is 31.4 Å². The molecule has 1 atom stereocenters. The third kappa shape index (κ3) is 3.92. The summed E-state index contributed by atoms with van der Waals surface area (Å²) in [7, 11) is 0. The van der Waals surface area contributed by atoms with Gasteiger partial charge in [0.25, 0.3) is 0 Å². The fourth-order valence-electron chi connectivity index (χ4n) is 4.29. The fourth-order valence-corrected chi connectivity index (χ4v) is 4.29. The first kappa shape index (κ1) is 21.4. The molecular formula is C22H21F4N7. The summed E-state index contributed by atoms with van der Waals surface area (Å²) in [4.78, 5) is 12.9. The van der Waals surface area contributed by atoms with Crippen molar-refractivity contribution in [1.29, 1.82) is 0 Å². The number of alkyl halides is 3. The van der Waals surface area contributed by atoms with Crippen LogP contribution in [0.15, 0.2) is 42.5 Å². The minimum absolute atomic E-state index is 0.151. The Morgan fingerprint density at radius 2 is 1.82 bits per heavy atom. The van der Waals surface area contributed by atoms with E-state index >= 15 is 0 Å². The van der Waals surface area contributed by atoms with Crippen LogP contribution in [0.25, 0.3) is 16.6 Å². The van der Waals surface area contributed by atoms with Gasteiger partial charge < -0.3 is 10.6 Å². The number of rotatable bonds is 3.